The zero-order chi connectivity index (χ0) is 22.0. The normalized spacial score (nSPS) is 14.6. The van der Waals surface area contributed by atoms with Gasteiger partial charge in [-0.15, -0.1) is 11.3 Å². The van der Waals surface area contributed by atoms with Gasteiger partial charge in [0.15, 0.2) is 0 Å². The number of rotatable bonds is 6. The Bertz CT molecular complexity index is 1200. The predicted octanol–water partition coefficient (Wildman–Crippen LogP) is 2.94. The molecule has 1 aromatic carbocycles. The van der Waals surface area contributed by atoms with Gasteiger partial charge < -0.3 is 14.2 Å². The Morgan fingerprint density at radius 1 is 1.26 bits per heavy atom. The van der Waals surface area contributed by atoms with Crippen LogP contribution in [0.5, 0.6) is 0 Å². The summed E-state index contributed by atoms with van der Waals surface area (Å²) in [6.45, 7) is 5.57. The number of sulfonamides is 1. The maximum Gasteiger partial charge on any atom is 0.316 e. The summed E-state index contributed by atoms with van der Waals surface area (Å²) in [6, 6.07) is 8.78. The molecule has 0 bridgehead atoms. The monoisotopic (exact) mass is 462 g/mol. The van der Waals surface area contributed by atoms with E-state index in [9.17, 15) is 13.2 Å². The van der Waals surface area contributed by atoms with Crippen LogP contribution in [0.15, 0.2) is 39.8 Å². The highest BCUT2D eigenvalue weighted by atomic mass is 32.2. The standard InChI is InChI=1S/C20H22N4O5S2/c1-3-14-5-4-6-15(11-14)23-31(26,27)17-12-16(30-13(17)2)18-21-19(29-22-18)20(25)24-7-9-28-10-8-24/h4-6,11-12,23H,3,7-10H2,1-2H3. The van der Waals surface area contributed by atoms with Crippen molar-refractivity contribution >= 4 is 33.0 Å². The van der Waals surface area contributed by atoms with Crippen LogP contribution in [0.25, 0.3) is 10.7 Å². The molecule has 0 saturated carbocycles. The summed E-state index contributed by atoms with van der Waals surface area (Å²) in [4.78, 5) is 19.5. The van der Waals surface area contributed by atoms with E-state index >= 15 is 0 Å². The molecule has 3 heterocycles. The molecule has 1 saturated heterocycles. The minimum atomic E-state index is -3.80. The molecule has 4 rings (SSSR count). The molecule has 2 aromatic heterocycles. The van der Waals surface area contributed by atoms with Crippen molar-refractivity contribution in [2.45, 2.75) is 25.2 Å². The smallest absolute Gasteiger partial charge is 0.316 e. The molecule has 0 atom stereocenters. The molecule has 1 fully saturated rings. The van der Waals surface area contributed by atoms with E-state index in [1.807, 2.05) is 25.1 Å². The number of benzene rings is 1. The van der Waals surface area contributed by atoms with Crippen molar-refractivity contribution in [2.24, 2.45) is 0 Å². The Labute approximate surface area is 184 Å². The third kappa shape index (κ3) is 4.63. The second-order valence-electron chi connectivity index (χ2n) is 7.02. The first kappa shape index (κ1) is 21.5. The van der Waals surface area contributed by atoms with E-state index in [-0.39, 0.29) is 22.5 Å². The molecular weight excluding hydrogens is 440 g/mol. The molecule has 1 aliphatic heterocycles. The number of ether oxygens (including phenoxy) is 1. The number of nitrogens with one attached hydrogen (secondary N) is 1. The molecule has 1 N–H and O–H groups in total. The van der Waals surface area contributed by atoms with Gasteiger partial charge in [0.05, 0.1) is 18.1 Å². The largest absolute Gasteiger partial charge is 0.378 e. The Morgan fingerprint density at radius 2 is 2.03 bits per heavy atom. The lowest BCUT2D eigenvalue weighted by atomic mass is 10.1. The van der Waals surface area contributed by atoms with Crippen LogP contribution in [0.1, 0.15) is 28.0 Å². The summed E-state index contributed by atoms with van der Waals surface area (Å²) in [6.07, 6.45) is 0.806. The number of aryl methyl sites for hydroxylation is 2. The lowest BCUT2D eigenvalue weighted by molar-refractivity contribution is 0.0272. The summed E-state index contributed by atoms with van der Waals surface area (Å²) in [5.74, 6) is -0.304. The van der Waals surface area contributed by atoms with Crippen molar-refractivity contribution < 1.29 is 22.5 Å². The summed E-state index contributed by atoms with van der Waals surface area (Å²) in [7, 11) is -3.80. The van der Waals surface area contributed by atoms with Gasteiger partial charge in [-0.2, -0.15) is 4.98 Å². The van der Waals surface area contributed by atoms with Crippen LogP contribution in [-0.4, -0.2) is 55.7 Å². The number of nitrogens with zero attached hydrogens (tertiary/aromatic N) is 3. The van der Waals surface area contributed by atoms with Gasteiger partial charge in [0, 0.05) is 23.7 Å². The van der Waals surface area contributed by atoms with Crippen molar-refractivity contribution in [3.8, 4) is 10.7 Å². The van der Waals surface area contributed by atoms with Crippen LogP contribution in [0, 0.1) is 6.92 Å². The van der Waals surface area contributed by atoms with E-state index in [1.165, 1.54) is 17.4 Å². The quantitative estimate of drug-likeness (QED) is 0.599. The fourth-order valence-electron chi connectivity index (χ4n) is 3.22. The van der Waals surface area contributed by atoms with Gasteiger partial charge in [-0.25, -0.2) is 8.42 Å². The highest BCUT2D eigenvalue weighted by Crippen LogP contribution is 2.33. The predicted molar refractivity (Wildman–Crippen MR) is 116 cm³/mol. The summed E-state index contributed by atoms with van der Waals surface area (Å²) in [5, 5.41) is 3.88. The molecule has 0 unspecified atom stereocenters. The number of aromatic nitrogens is 2. The summed E-state index contributed by atoms with van der Waals surface area (Å²) < 4.78 is 38.9. The van der Waals surface area contributed by atoms with Crippen LogP contribution in [0.3, 0.4) is 0 Å². The van der Waals surface area contributed by atoms with Crippen LogP contribution >= 0.6 is 11.3 Å². The molecule has 11 heteroatoms. The highest BCUT2D eigenvalue weighted by Gasteiger charge is 2.26. The number of thiophene rings is 1. The highest BCUT2D eigenvalue weighted by molar-refractivity contribution is 7.93. The van der Waals surface area contributed by atoms with Gasteiger partial charge in [-0.3, -0.25) is 9.52 Å². The second kappa shape index (κ2) is 8.77. The van der Waals surface area contributed by atoms with Crippen molar-refractivity contribution in [2.75, 3.05) is 31.0 Å². The zero-order valence-electron chi connectivity index (χ0n) is 17.1. The Kier molecular flexibility index (Phi) is 6.08. The van der Waals surface area contributed by atoms with Crippen molar-refractivity contribution in [3.63, 3.8) is 0 Å². The van der Waals surface area contributed by atoms with E-state index < -0.39 is 10.0 Å². The zero-order valence-corrected chi connectivity index (χ0v) is 18.8. The van der Waals surface area contributed by atoms with Gasteiger partial charge in [-0.05, 0) is 37.1 Å². The number of carbonyl (C=O) groups is 1. The Hall–Kier alpha value is -2.76. The first-order valence-corrected chi connectivity index (χ1v) is 12.1. The fourth-order valence-corrected chi connectivity index (χ4v) is 5.79. The van der Waals surface area contributed by atoms with Gasteiger partial charge in [-0.1, -0.05) is 24.2 Å². The molecule has 164 valence electrons. The Morgan fingerprint density at radius 3 is 2.77 bits per heavy atom. The molecule has 0 radical (unpaired) electrons. The number of carbonyl (C=O) groups excluding carboxylic acids is 1. The number of morpholine rings is 1. The molecule has 3 aromatic rings. The van der Waals surface area contributed by atoms with Crippen LogP contribution in [-0.2, 0) is 21.2 Å². The maximum atomic E-state index is 12.9. The van der Waals surface area contributed by atoms with Crippen LogP contribution < -0.4 is 4.72 Å². The van der Waals surface area contributed by atoms with Crippen molar-refractivity contribution in [3.05, 3.63) is 46.7 Å². The first-order chi connectivity index (χ1) is 14.9. The average molecular weight is 463 g/mol. The van der Waals surface area contributed by atoms with Gasteiger partial charge in [0.25, 0.3) is 10.0 Å². The molecule has 1 amide bonds. The minimum Gasteiger partial charge on any atom is -0.378 e. The minimum absolute atomic E-state index is 0.123. The first-order valence-electron chi connectivity index (χ1n) is 9.80. The SMILES string of the molecule is CCc1cccc(NS(=O)(=O)c2cc(-c3noc(C(=O)N4CCOCC4)n3)sc2C)c1. The molecular formula is C20H22N4O5S2. The average Bonchev–Trinajstić information content (AvgIpc) is 3.41. The molecule has 31 heavy (non-hydrogen) atoms. The molecule has 0 spiro atoms. The van der Waals surface area contributed by atoms with Crippen LogP contribution in [0.2, 0.25) is 0 Å². The summed E-state index contributed by atoms with van der Waals surface area (Å²) in [5.41, 5.74) is 1.54. The molecule has 1 aliphatic rings. The van der Waals surface area contributed by atoms with Gasteiger partial charge in [0.2, 0.25) is 5.82 Å². The van der Waals surface area contributed by atoms with E-state index in [0.717, 1.165) is 12.0 Å². The second-order valence-corrected chi connectivity index (χ2v) is 9.93. The number of hydrogen-bond donors (Lipinski definition) is 1. The molecule has 0 aliphatic carbocycles. The number of hydrogen-bond acceptors (Lipinski definition) is 8. The lowest BCUT2D eigenvalue weighted by Crippen LogP contribution is -2.40. The Balaban J connectivity index is 1.56. The van der Waals surface area contributed by atoms with Crippen molar-refractivity contribution in [1.29, 1.82) is 0 Å². The third-order valence-corrected chi connectivity index (χ3v) is 7.56. The van der Waals surface area contributed by atoms with Gasteiger partial charge in [0.1, 0.15) is 4.90 Å². The summed E-state index contributed by atoms with van der Waals surface area (Å²) >= 11 is 1.22. The number of anilines is 1. The lowest BCUT2D eigenvalue weighted by Gasteiger charge is -2.25. The van der Waals surface area contributed by atoms with E-state index in [0.29, 0.717) is 41.7 Å². The van der Waals surface area contributed by atoms with Crippen molar-refractivity contribution in [1.82, 2.24) is 15.0 Å². The molecule has 9 nitrogen and oxygen atoms in total. The topological polar surface area (TPSA) is 115 Å². The van der Waals surface area contributed by atoms with Gasteiger partial charge >= 0.3 is 11.8 Å². The maximum absolute atomic E-state index is 12.9. The van der Waals surface area contributed by atoms with Crippen LogP contribution in [0.4, 0.5) is 5.69 Å². The third-order valence-electron chi connectivity index (χ3n) is 4.88. The fraction of sp³-hybridized carbons (Fsp3) is 0.350. The van der Waals surface area contributed by atoms with E-state index in [4.69, 9.17) is 9.26 Å². The number of amides is 1. The van der Waals surface area contributed by atoms with E-state index in [2.05, 4.69) is 14.9 Å². The van der Waals surface area contributed by atoms with E-state index in [1.54, 1.807) is 17.9 Å².